The number of likely N-dealkylation sites (tertiary alicyclic amines) is 2. The lowest BCUT2D eigenvalue weighted by Gasteiger charge is -2.36. The Bertz CT molecular complexity index is 2270. The number of imidazole rings is 1. The van der Waals surface area contributed by atoms with Gasteiger partial charge in [-0.3, -0.25) is 14.5 Å². The van der Waals surface area contributed by atoms with Crippen LogP contribution in [0.2, 0.25) is 0 Å². The van der Waals surface area contributed by atoms with Gasteiger partial charge >= 0.3 is 18.3 Å². The van der Waals surface area contributed by atoms with E-state index in [4.69, 9.17) is 9.72 Å². The summed E-state index contributed by atoms with van der Waals surface area (Å²) in [7, 11) is 1.23. The summed E-state index contributed by atoms with van der Waals surface area (Å²) in [4.78, 5) is 77.7. The van der Waals surface area contributed by atoms with Gasteiger partial charge in [0.25, 0.3) is 5.91 Å². The predicted octanol–water partition coefficient (Wildman–Crippen LogP) is 7.65. The molecule has 1 aliphatic carbocycles. The van der Waals surface area contributed by atoms with E-state index < -0.39 is 47.9 Å². The van der Waals surface area contributed by atoms with Crippen LogP contribution in [0.3, 0.4) is 0 Å². The molecule has 3 aliphatic rings. The number of carbonyl (C=O) groups excluding carboxylic acids is 3. The monoisotopic (exact) mass is 819 g/mol. The van der Waals surface area contributed by atoms with Gasteiger partial charge in [-0.1, -0.05) is 76.2 Å². The molecular weight excluding hydrogens is 767 g/mol. The van der Waals surface area contributed by atoms with Crippen molar-refractivity contribution in [2.75, 3.05) is 25.1 Å². The number of rotatable bonds is 12. The fourth-order valence-electron chi connectivity index (χ4n) is 9.57. The predicted molar refractivity (Wildman–Crippen MR) is 224 cm³/mol. The standard InChI is InChI=1S/C45H53N7O8/c1-6-45(7-2)32-23-28(34-25-46-39(47-34)35-15-11-21-50(35)40(53)37(26(3)4)48-42(55)56)17-19-30(32)31-20-18-29(24-33(31)45)52(44(58)59)36-16-12-22-51(36)41(54)38(49-43(57)60-5)27-13-9-8-10-14-27/h8-10,13-14,17-20,23-26,35-38,48H,6-7,11-12,15-16,21-22H2,1-5H3,(H,46,47)(H,49,57)(H,55,56)(H,58,59)/t35-,36-,37-,38+/m0/s1. The van der Waals surface area contributed by atoms with Gasteiger partial charge in [0.1, 0.15) is 24.1 Å². The summed E-state index contributed by atoms with van der Waals surface area (Å²) in [6.45, 7) is 8.73. The van der Waals surface area contributed by atoms with E-state index in [9.17, 15) is 34.2 Å². The maximum atomic E-state index is 14.2. The third-order valence-corrected chi connectivity index (χ3v) is 12.6. The molecule has 4 atom stereocenters. The topological polar surface area (TPSA) is 197 Å². The number of amides is 5. The summed E-state index contributed by atoms with van der Waals surface area (Å²) in [6, 6.07) is 18.6. The molecular formula is C45H53N7O8. The number of hydrogen-bond donors (Lipinski definition) is 5. The summed E-state index contributed by atoms with van der Waals surface area (Å²) in [5, 5.41) is 25.2. The SMILES string of the molecule is CCC1(CC)c2cc(-c3cnc([C@@H]4CCCN4C(=O)[C@@H](NC(=O)O)C(C)C)[nH]3)ccc2-c2ccc(N(C(=O)O)[C@H]3CCCN3C(=O)[C@H](NC(=O)OC)c3ccccc3)cc21. The van der Waals surface area contributed by atoms with Crippen molar-refractivity contribution in [2.24, 2.45) is 5.92 Å². The summed E-state index contributed by atoms with van der Waals surface area (Å²) in [5.41, 5.74) is 6.45. The number of H-pyrrole nitrogens is 1. The smallest absolute Gasteiger partial charge is 0.413 e. The summed E-state index contributed by atoms with van der Waals surface area (Å²) < 4.78 is 4.84. The van der Waals surface area contributed by atoms with E-state index in [0.29, 0.717) is 49.4 Å². The highest BCUT2D eigenvalue weighted by molar-refractivity contribution is 5.93. The highest BCUT2D eigenvalue weighted by atomic mass is 16.5. The number of hydrogen-bond acceptors (Lipinski definition) is 7. The molecule has 0 spiro atoms. The molecule has 316 valence electrons. The second-order valence-electron chi connectivity index (χ2n) is 16.1. The molecule has 0 radical (unpaired) electrons. The third kappa shape index (κ3) is 7.52. The maximum Gasteiger partial charge on any atom is 0.413 e. The highest BCUT2D eigenvalue weighted by Crippen LogP contribution is 2.54. The number of carbonyl (C=O) groups is 5. The van der Waals surface area contributed by atoms with E-state index in [1.165, 1.54) is 16.9 Å². The van der Waals surface area contributed by atoms with Gasteiger partial charge in [0, 0.05) is 24.2 Å². The molecule has 5 N–H and O–H groups in total. The lowest BCUT2D eigenvalue weighted by Crippen LogP contribution is -2.53. The largest absolute Gasteiger partial charge is 0.465 e. The fourth-order valence-corrected chi connectivity index (χ4v) is 9.57. The number of fused-ring (bicyclic) bond motifs is 3. The number of nitrogens with zero attached hydrogens (tertiary/aromatic N) is 4. The number of methoxy groups -OCH3 is 1. The van der Waals surface area contributed by atoms with Crippen LogP contribution in [0.15, 0.2) is 72.9 Å². The molecule has 2 saturated heterocycles. The van der Waals surface area contributed by atoms with Crippen molar-refractivity contribution < 1.29 is 38.9 Å². The Balaban J connectivity index is 1.18. The molecule has 1 aromatic heterocycles. The number of aromatic amines is 1. The van der Waals surface area contributed by atoms with Gasteiger partial charge in [-0.05, 0) is 96.0 Å². The van der Waals surface area contributed by atoms with Crippen LogP contribution in [0.4, 0.5) is 20.1 Å². The van der Waals surface area contributed by atoms with E-state index in [1.54, 1.807) is 41.4 Å². The molecule has 0 bridgehead atoms. The molecule has 5 amide bonds. The zero-order valence-corrected chi connectivity index (χ0v) is 34.6. The Labute approximate surface area is 349 Å². The van der Waals surface area contributed by atoms with E-state index in [1.807, 2.05) is 38.1 Å². The highest BCUT2D eigenvalue weighted by Gasteiger charge is 2.44. The zero-order chi connectivity index (χ0) is 42.9. The lowest BCUT2D eigenvalue weighted by molar-refractivity contribution is -0.135. The van der Waals surface area contributed by atoms with Gasteiger partial charge in [-0.25, -0.2) is 19.4 Å². The van der Waals surface area contributed by atoms with Crippen molar-refractivity contribution in [2.45, 2.75) is 95.9 Å². The van der Waals surface area contributed by atoms with Crippen molar-refractivity contribution in [3.63, 3.8) is 0 Å². The Kier molecular flexibility index (Phi) is 11.9. The molecule has 4 aromatic rings. The molecule has 7 rings (SSSR count). The number of anilines is 1. The third-order valence-electron chi connectivity index (χ3n) is 12.6. The molecule has 15 heteroatoms. The van der Waals surface area contributed by atoms with Gasteiger partial charge in [-0.15, -0.1) is 0 Å². The van der Waals surface area contributed by atoms with Gasteiger partial charge < -0.3 is 40.4 Å². The average Bonchev–Trinajstić information content (AvgIpc) is 4.07. The van der Waals surface area contributed by atoms with Crippen LogP contribution in [0.5, 0.6) is 0 Å². The van der Waals surface area contributed by atoms with Crippen molar-refractivity contribution in [3.8, 4) is 22.4 Å². The van der Waals surface area contributed by atoms with E-state index >= 15 is 0 Å². The van der Waals surface area contributed by atoms with Gasteiger partial charge in [0.05, 0.1) is 25.0 Å². The van der Waals surface area contributed by atoms with E-state index in [0.717, 1.165) is 52.8 Å². The number of aromatic nitrogens is 2. The van der Waals surface area contributed by atoms with Crippen LogP contribution in [-0.4, -0.2) is 92.5 Å². The Morgan fingerprint density at radius 1 is 0.883 bits per heavy atom. The minimum Gasteiger partial charge on any atom is -0.465 e. The van der Waals surface area contributed by atoms with Crippen LogP contribution >= 0.6 is 0 Å². The first kappa shape index (κ1) is 41.8. The van der Waals surface area contributed by atoms with Crippen molar-refractivity contribution in [1.82, 2.24) is 30.4 Å². The Morgan fingerprint density at radius 2 is 1.55 bits per heavy atom. The summed E-state index contributed by atoms with van der Waals surface area (Å²) >= 11 is 0. The van der Waals surface area contributed by atoms with Crippen LogP contribution < -0.4 is 15.5 Å². The zero-order valence-electron chi connectivity index (χ0n) is 34.6. The first-order valence-electron chi connectivity index (χ1n) is 20.7. The van der Waals surface area contributed by atoms with Crippen molar-refractivity contribution in [1.29, 1.82) is 0 Å². The van der Waals surface area contributed by atoms with Crippen LogP contribution in [0.1, 0.15) is 101 Å². The molecule has 2 aliphatic heterocycles. The number of ether oxygens (including phenoxy) is 1. The van der Waals surface area contributed by atoms with Gasteiger partial charge in [0.2, 0.25) is 5.91 Å². The molecule has 0 saturated carbocycles. The van der Waals surface area contributed by atoms with Crippen molar-refractivity contribution in [3.05, 3.63) is 95.4 Å². The second kappa shape index (κ2) is 17.1. The van der Waals surface area contributed by atoms with E-state index in [2.05, 4.69) is 41.6 Å². The molecule has 15 nitrogen and oxygen atoms in total. The van der Waals surface area contributed by atoms with Crippen LogP contribution in [-0.2, 0) is 19.7 Å². The fraction of sp³-hybridized carbons (Fsp3) is 0.422. The number of nitrogens with one attached hydrogen (secondary N) is 3. The first-order valence-corrected chi connectivity index (χ1v) is 20.7. The number of alkyl carbamates (subject to hydrolysis) is 1. The average molecular weight is 820 g/mol. The minimum atomic E-state index is -1.24. The second-order valence-corrected chi connectivity index (χ2v) is 16.1. The number of carboxylic acid groups (broad SMARTS) is 2. The van der Waals surface area contributed by atoms with Crippen molar-refractivity contribution >= 4 is 35.8 Å². The number of benzene rings is 3. The lowest BCUT2D eigenvalue weighted by atomic mass is 9.73. The van der Waals surface area contributed by atoms with Crippen LogP contribution in [0.25, 0.3) is 22.4 Å². The Hall–Kier alpha value is -6.38. The summed E-state index contributed by atoms with van der Waals surface area (Å²) in [5.74, 6) is -0.279. The van der Waals surface area contributed by atoms with Gasteiger partial charge in [-0.2, -0.15) is 0 Å². The van der Waals surface area contributed by atoms with E-state index in [-0.39, 0.29) is 17.9 Å². The first-order chi connectivity index (χ1) is 28.8. The van der Waals surface area contributed by atoms with Gasteiger partial charge in [0.15, 0.2) is 0 Å². The maximum absolute atomic E-state index is 14.2. The quantitative estimate of drug-likeness (QED) is 0.0953. The minimum absolute atomic E-state index is 0.227. The molecule has 2 fully saturated rings. The molecule has 0 unspecified atom stereocenters. The summed E-state index contributed by atoms with van der Waals surface area (Å²) in [6.07, 6.45) is 1.72. The molecule has 3 heterocycles. The normalized spacial score (nSPS) is 18.7. The Morgan fingerprint density at radius 3 is 2.20 bits per heavy atom. The van der Waals surface area contributed by atoms with Crippen LogP contribution in [0, 0.1) is 5.92 Å². The molecule has 60 heavy (non-hydrogen) atoms. The molecule has 3 aromatic carbocycles.